The highest BCUT2D eigenvalue weighted by atomic mass is 32.1. The molecule has 2 heterocycles. The topological polar surface area (TPSA) is 60.7 Å². The maximum absolute atomic E-state index is 11.6. The molecule has 0 atom stereocenters. The van der Waals surface area contributed by atoms with Crippen molar-refractivity contribution in [2.24, 2.45) is 0 Å². The lowest BCUT2D eigenvalue weighted by molar-refractivity contribution is -0.142. The zero-order valence-electron chi connectivity index (χ0n) is 13.8. The Morgan fingerprint density at radius 3 is 2.79 bits per heavy atom. The first-order valence-corrected chi connectivity index (χ1v) is 8.54. The van der Waals surface area contributed by atoms with Crippen LogP contribution in [0.5, 0.6) is 0 Å². The number of nitrogens with zero attached hydrogens (tertiary/aromatic N) is 2. The fourth-order valence-corrected chi connectivity index (χ4v) is 3.53. The van der Waals surface area contributed by atoms with Gasteiger partial charge in [0, 0.05) is 16.6 Å². The van der Waals surface area contributed by atoms with Crippen molar-refractivity contribution in [3.8, 4) is 11.3 Å². The third-order valence-electron chi connectivity index (χ3n) is 3.93. The first-order valence-electron chi connectivity index (χ1n) is 7.72. The second-order valence-electron chi connectivity index (χ2n) is 5.59. The molecule has 0 aliphatic rings. The van der Waals surface area contributed by atoms with Gasteiger partial charge in [-0.3, -0.25) is 14.0 Å². The minimum absolute atomic E-state index is 0.194. The summed E-state index contributed by atoms with van der Waals surface area (Å²) < 4.78 is 6.71. The molecule has 6 heteroatoms. The van der Waals surface area contributed by atoms with E-state index in [-0.39, 0.29) is 12.4 Å². The van der Waals surface area contributed by atoms with E-state index in [0.717, 1.165) is 22.3 Å². The second-order valence-corrected chi connectivity index (χ2v) is 6.69. The van der Waals surface area contributed by atoms with E-state index < -0.39 is 0 Å². The lowest BCUT2D eigenvalue weighted by atomic mass is 10.0. The summed E-state index contributed by atoms with van der Waals surface area (Å²) in [6, 6.07) is 6.04. The fourth-order valence-electron chi connectivity index (χ4n) is 2.56. The standard InChI is InChI=1S/C18H18N2O3S/c1-4-23-16(22)8-14-9-20-15(10-21)17(19-18(20)24-14)13-6-5-11(2)12(3)7-13/h5-7,9-10H,4,8H2,1-3H3. The van der Waals surface area contributed by atoms with Gasteiger partial charge in [0.15, 0.2) is 11.2 Å². The number of hydrogen-bond donors (Lipinski definition) is 0. The van der Waals surface area contributed by atoms with Gasteiger partial charge in [-0.15, -0.1) is 11.3 Å². The number of thiazole rings is 1. The second kappa shape index (κ2) is 6.57. The van der Waals surface area contributed by atoms with Gasteiger partial charge in [0.05, 0.1) is 13.0 Å². The van der Waals surface area contributed by atoms with E-state index in [1.54, 1.807) is 17.5 Å². The van der Waals surface area contributed by atoms with Gasteiger partial charge < -0.3 is 4.74 Å². The number of imidazole rings is 1. The van der Waals surface area contributed by atoms with Crippen molar-refractivity contribution < 1.29 is 14.3 Å². The lowest BCUT2D eigenvalue weighted by Crippen LogP contribution is -2.06. The molecule has 0 amide bonds. The Morgan fingerprint density at radius 1 is 1.33 bits per heavy atom. The Balaban J connectivity index is 2.01. The third-order valence-corrected chi connectivity index (χ3v) is 4.91. The van der Waals surface area contributed by atoms with E-state index in [1.807, 2.05) is 32.0 Å². The van der Waals surface area contributed by atoms with Crippen molar-refractivity contribution in [1.29, 1.82) is 0 Å². The van der Waals surface area contributed by atoms with Crippen LogP contribution < -0.4 is 0 Å². The molecule has 3 rings (SSSR count). The number of carbonyl (C=O) groups is 2. The number of carbonyl (C=O) groups excluding carboxylic acids is 2. The summed E-state index contributed by atoms with van der Waals surface area (Å²) in [6.07, 6.45) is 2.79. The molecule has 0 spiro atoms. The Morgan fingerprint density at radius 2 is 2.12 bits per heavy atom. The van der Waals surface area contributed by atoms with Crippen molar-refractivity contribution in [3.63, 3.8) is 0 Å². The summed E-state index contributed by atoms with van der Waals surface area (Å²) in [6.45, 7) is 6.22. The molecule has 3 aromatic rings. The van der Waals surface area contributed by atoms with E-state index in [9.17, 15) is 9.59 Å². The molecule has 2 aromatic heterocycles. The van der Waals surface area contributed by atoms with Crippen LogP contribution in [-0.2, 0) is 16.0 Å². The maximum atomic E-state index is 11.6. The van der Waals surface area contributed by atoms with Crippen molar-refractivity contribution >= 4 is 28.6 Å². The minimum Gasteiger partial charge on any atom is -0.466 e. The molecule has 0 N–H and O–H groups in total. The summed E-state index contributed by atoms with van der Waals surface area (Å²) >= 11 is 1.40. The van der Waals surface area contributed by atoms with Gasteiger partial charge in [0.2, 0.25) is 0 Å². The van der Waals surface area contributed by atoms with Gasteiger partial charge in [0.1, 0.15) is 11.4 Å². The maximum Gasteiger partial charge on any atom is 0.311 e. The van der Waals surface area contributed by atoms with Crippen molar-refractivity contribution in [3.05, 3.63) is 46.1 Å². The number of esters is 1. The number of fused-ring (bicyclic) bond motifs is 1. The molecular formula is C18H18N2O3S. The number of hydrogen-bond acceptors (Lipinski definition) is 5. The number of ether oxygens (including phenoxy) is 1. The smallest absolute Gasteiger partial charge is 0.311 e. The summed E-state index contributed by atoms with van der Waals surface area (Å²) in [4.78, 5) is 29.3. The van der Waals surface area contributed by atoms with Crippen molar-refractivity contribution in [2.75, 3.05) is 6.61 Å². The van der Waals surface area contributed by atoms with E-state index in [4.69, 9.17) is 4.74 Å². The first kappa shape index (κ1) is 16.4. The molecule has 0 aliphatic carbocycles. The number of aromatic nitrogens is 2. The highest BCUT2D eigenvalue weighted by molar-refractivity contribution is 7.17. The molecule has 0 radical (unpaired) electrons. The Hall–Kier alpha value is -2.47. The van der Waals surface area contributed by atoms with E-state index >= 15 is 0 Å². The van der Waals surface area contributed by atoms with Gasteiger partial charge in [-0.2, -0.15) is 0 Å². The van der Waals surface area contributed by atoms with Crippen LogP contribution >= 0.6 is 11.3 Å². The summed E-state index contributed by atoms with van der Waals surface area (Å²) in [5, 5.41) is 0. The summed E-state index contributed by atoms with van der Waals surface area (Å²) in [5.41, 5.74) is 4.44. The monoisotopic (exact) mass is 342 g/mol. The molecule has 24 heavy (non-hydrogen) atoms. The van der Waals surface area contributed by atoms with Crippen LogP contribution in [-0.4, -0.2) is 28.2 Å². The van der Waals surface area contributed by atoms with Crippen LogP contribution in [0.2, 0.25) is 0 Å². The zero-order valence-corrected chi connectivity index (χ0v) is 14.6. The number of aldehydes is 1. The van der Waals surface area contributed by atoms with Crippen LogP contribution in [0.1, 0.15) is 33.4 Å². The molecule has 0 fully saturated rings. The molecule has 0 aliphatic heterocycles. The average Bonchev–Trinajstić information content (AvgIpc) is 3.06. The minimum atomic E-state index is -0.274. The molecule has 124 valence electrons. The largest absolute Gasteiger partial charge is 0.466 e. The van der Waals surface area contributed by atoms with E-state index in [1.165, 1.54) is 16.9 Å². The van der Waals surface area contributed by atoms with E-state index in [0.29, 0.717) is 23.0 Å². The van der Waals surface area contributed by atoms with Gasteiger partial charge in [-0.1, -0.05) is 12.1 Å². The van der Waals surface area contributed by atoms with Crippen LogP contribution in [0, 0.1) is 13.8 Å². The summed E-state index contributed by atoms with van der Waals surface area (Å²) in [7, 11) is 0. The molecule has 0 saturated heterocycles. The Labute approximate surface area is 143 Å². The first-order chi connectivity index (χ1) is 11.5. The SMILES string of the molecule is CCOC(=O)Cc1cn2c(C=O)c(-c3ccc(C)c(C)c3)nc2s1. The van der Waals surface area contributed by atoms with Crippen LogP contribution in [0.4, 0.5) is 0 Å². The third kappa shape index (κ3) is 2.97. The Kier molecular flexibility index (Phi) is 4.49. The van der Waals surface area contributed by atoms with Crippen molar-refractivity contribution in [2.45, 2.75) is 27.2 Å². The van der Waals surface area contributed by atoms with Crippen molar-refractivity contribution in [1.82, 2.24) is 9.38 Å². The highest BCUT2D eigenvalue weighted by Gasteiger charge is 2.17. The molecular weight excluding hydrogens is 324 g/mol. The number of aryl methyl sites for hydroxylation is 2. The quantitative estimate of drug-likeness (QED) is 0.525. The molecule has 0 bridgehead atoms. The fraction of sp³-hybridized carbons (Fsp3) is 0.278. The summed E-state index contributed by atoms with van der Waals surface area (Å²) in [5.74, 6) is -0.274. The highest BCUT2D eigenvalue weighted by Crippen LogP contribution is 2.29. The number of benzene rings is 1. The molecule has 0 unspecified atom stereocenters. The number of rotatable bonds is 5. The normalized spacial score (nSPS) is 11.0. The average molecular weight is 342 g/mol. The molecule has 1 aromatic carbocycles. The lowest BCUT2D eigenvalue weighted by Gasteiger charge is -2.03. The Bertz CT molecular complexity index is 924. The predicted molar refractivity (Wildman–Crippen MR) is 93.7 cm³/mol. The van der Waals surface area contributed by atoms with Gasteiger partial charge >= 0.3 is 5.97 Å². The molecule has 5 nitrogen and oxygen atoms in total. The predicted octanol–water partition coefficient (Wildman–Crippen LogP) is 3.60. The van der Waals surface area contributed by atoms with Gasteiger partial charge in [-0.25, -0.2) is 4.98 Å². The molecule has 0 saturated carbocycles. The van der Waals surface area contributed by atoms with Crippen LogP contribution in [0.3, 0.4) is 0 Å². The van der Waals surface area contributed by atoms with Gasteiger partial charge in [-0.05, 0) is 38.0 Å². The van der Waals surface area contributed by atoms with Crippen LogP contribution in [0.15, 0.2) is 24.4 Å². The zero-order chi connectivity index (χ0) is 17.3. The van der Waals surface area contributed by atoms with Crippen LogP contribution in [0.25, 0.3) is 16.2 Å². The van der Waals surface area contributed by atoms with E-state index in [2.05, 4.69) is 4.98 Å². The van der Waals surface area contributed by atoms with Gasteiger partial charge in [0.25, 0.3) is 0 Å².